The van der Waals surface area contributed by atoms with E-state index < -0.39 is 0 Å². The van der Waals surface area contributed by atoms with Crippen LogP contribution in [0.4, 0.5) is 0 Å². The molecule has 0 atom stereocenters. The Hall–Kier alpha value is -7.48. The number of nitrogens with zero attached hydrogens (tertiary/aromatic N) is 1. The summed E-state index contributed by atoms with van der Waals surface area (Å²) in [5.74, 6) is 0. The zero-order valence-electron chi connectivity index (χ0n) is 31.2. The van der Waals surface area contributed by atoms with Gasteiger partial charge < -0.3 is 4.57 Å². The van der Waals surface area contributed by atoms with Gasteiger partial charge in [0.2, 0.25) is 0 Å². The lowest BCUT2D eigenvalue weighted by molar-refractivity contribution is 1.18. The zero-order valence-corrected chi connectivity index (χ0v) is 31.2. The first-order valence-electron chi connectivity index (χ1n) is 19.8. The molecule has 264 valence electrons. The third kappa shape index (κ3) is 4.83. The van der Waals surface area contributed by atoms with Crippen LogP contribution in [0.1, 0.15) is 0 Å². The van der Waals surface area contributed by atoms with E-state index >= 15 is 0 Å². The molecular weight excluding hydrogens is 687 g/mol. The average Bonchev–Trinajstić information content (AvgIpc) is 3.63. The van der Waals surface area contributed by atoms with Gasteiger partial charge in [0.1, 0.15) is 0 Å². The molecule has 0 bridgehead atoms. The highest BCUT2D eigenvalue weighted by Crippen LogP contribution is 2.45. The van der Waals surface area contributed by atoms with E-state index in [2.05, 4.69) is 217 Å². The maximum Gasteiger partial charge on any atom is 0.0541 e. The van der Waals surface area contributed by atoms with Crippen molar-refractivity contribution in [2.45, 2.75) is 0 Å². The van der Waals surface area contributed by atoms with Gasteiger partial charge in [-0.1, -0.05) is 182 Å². The molecule has 0 amide bonds. The summed E-state index contributed by atoms with van der Waals surface area (Å²) in [4.78, 5) is 0. The van der Waals surface area contributed by atoms with Gasteiger partial charge in [-0.15, -0.1) is 0 Å². The molecule has 1 aromatic heterocycles. The second kappa shape index (κ2) is 12.5. The predicted molar refractivity (Wildman–Crippen MR) is 245 cm³/mol. The molecule has 0 N–H and O–H groups in total. The van der Waals surface area contributed by atoms with Crippen molar-refractivity contribution in [3.8, 4) is 39.1 Å². The molecule has 1 heteroatoms. The first kappa shape index (κ1) is 31.8. The summed E-state index contributed by atoms with van der Waals surface area (Å²) in [6.07, 6.45) is 0. The summed E-state index contributed by atoms with van der Waals surface area (Å²) in [6, 6.07) is 78.2. The van der Waals surface area contributed by atoms with Gasteiger partial charge in [-0.25, -0.2) is 0 Å². The minimum absolute atomic E-state index is 1.16. The van der Waals surface area contributed by atoms with E-state index in [4.69, 9.17) is 0 Å². The van der Waals surface area contributed by atoms with Crippen LogP contribution in [-0.2, 0) is 0 Å². The predicted octanol–water partition coefficient (Wildman–Crippen LogP) is 15.6. The van der Waals surface area contributed by atoms with Crippen LogP contribution in [0, 0.1) is 0 Å². The molecule has 11 aromatic carbocycles. The van der Waals surface area contributed by atoms with Gasteiger partial charge in [-0.3, -0.25) is 0 Å². The van der Waals surface area contributed by atoms with Crippen LogP contribution in [0.2, 0.25) is 0 Å². The van der Waals surface area contributed by atoms with Crippen LogP contribution in [0.3, 0.4) is 0 Å². The molecule has 0 aliphatic rings. The number of rotatable bonds is 4. The lowest BCUT2D eigenvalue weighted by Crippen LogP contribution is -1.94. The van der Waals surface area contributed by atoms with Crippen molar-refractivity contribution in [3.05, 3.63) is 212 Å². The highest BCUT2D eigenvalue weighted by Gasteiger charge is 2.18. The smallest absolute Gasteiger partial charge is 0.0541 e. The van der Waals surface area contributed by atoms with Crippen LogP contribution >= 0.6 is 0 Å². The summed E-state index contributed by atoms with van der Waals surface area (Å²) < 4.78 is 2.39. The second-order valence-electron chi connectivity index (χ2n) is 15.2. The van der Waals surface area contributed by atoms with Crippen LogP contribution in [-0.4, -0.2) is 4.57 Å². The van der Waals surface area contributed by atoms with Crippen LogP contribution < -0.4 is 0 Å². The largest absolute Gasteiger partial charge is 0.309 e. The number of para-hydroxylation sites is 2. The van der Waals surface area contributed by atoms with Crippen molar-refractivity contribution in [2.75, 3.05) is 0 Å². The number of benzene rings is 11. The van der Waals surface area contributed by atoms with Crippen molar-refractivity contribution in [1.82, 2.24) is 4.57 Å². The summed E-state index contributed by atoms with van der Waals surface area (Å²) in [7, 11) is 0. The normalized spacial score (nSPS) is 11.9. The van der Waals surface area contributed by atoms with E-state index in [1.54, 1.807) is 0 Å². The molecule has 0 spiro atoms. The number of aromatic nitrogens is 1. The van der Waals surface area contributed by atoms with Crippen molar-refractivity contribution in [3.63, 3.8) is 0 Å². The summed E-state index contributed by atoms with van der Waals surface area (Å²) in [6.45, 7) is 0. The topological polar surface area (TPSA) is 4.93 Å². The Bertz CT molecular complexity index is 3400. The van der Waals surface area contributed by atoms with Crippen LogP contribution in [0.15, 0.2) is 212 Å². The Labute approximate surface area is 330 Å². The number of hydrogen-bond acceptors (Lipinski definition) is 0. The lowest BCUT2D eigenvalue weighted by Gasteiger charge is -2.18. The summed E-state index contributed by atoms with van der Waals surface area (Å²) in [5, 5.41) is 15.4. The maximum atomic E-state index is 2.39. The third-order valence-electron chi connectivity index (χ3n) is 12.2. The zero-order chi connectivity index (χ0) is 37.5. The van der Waals surface area contributed by atoms with E-state index in [1.807, 2.05) is 0 Å². The molecule has 12 aromatic rings. The van der Waals surface area contributed by atoms with E-state index in [0.717, 1.165) is 5.69 Å². The van der Waals surface area contributed by atoms with Gasteiger partial charge in [0.25, 0.3) is 0 Å². The molecule has 0 aliphatic heterocycles. The Balaban J connectivity index is 0.983. The van der Waals surface area contributed by atoms with Crippen LogP contribution in [0.25, 0.3) is 115 Å². The third-order valence-corrected chi connectivity index (χ3v) is 12.2. The second-order valence-corrected chi connectivity index (χ2v) is 15.2. The molecular formula is C56H35N. The van der Waals surface area contributed by atoms with E-state index in [-0.39, 0.29) is 0 Å². The molecule has 0 unspecified atom stereocenters. The van der Waals surface area contributed by atoms with Gasteiger partial charge in [0.15, 0.2) is 0 Å². The highest BCUT2D eigenvalue weighted by atomic mass is 15.0. The van der Waals surface area contributed by atoms with Gasteiger partial charge in [0, 0.05) is 16.5 Å². The van der Waals surface area contributed by atoms with Gasteiger partial charge in [-0.2, -0.15) is 0 Å². The van der Waals surface area contributed by atoms with Gasteiger partial charge in [-0.05, 0) is 118 Å². The Morgan fingerprint density at radius 2 is 0.526 bits per heavy atom. The van der Waals surface area contributed by atoms with Gasteiger partial charge in [0.05, 0.1) is 11.0 Å². The fourth-order valence-corrected chi connectivity index (χ4v) is 9.64. The lowest BCUT2D eigenvalue weighted by atomic mass is 9.85. The number of fused-ring (bicyclic) bond motifs is 11. The molecule has 57 heavy (non-hydrogen) atoms. The fourth-order valence-electron chi connectivity index (χ4n) is 9.64. The highest BCUT2D eigenvalue weighted by molar-refractivity contribution is 6.26. The average molecular weight is 722 g/mol. The molecule has 1 heterocycles. The van der Waals surface area contributed by atoms with Crippen molar-refractivity contribution >= 4 is 75.7 Å². The Morgan fingerprint density at radius 3 is 0.982 bits per heavy atom. The molecule has 1 nitrogen and oxygen atoms in total. The van der Waals surface area contributed by atoms with Crippen molar-refractivity contribution < 1.29 is 0 Å². The quantitative estimate of drug-likeness (QED) is 0.126. The molecule has 0 aliphatic carbocycles. The van der Waals surface area contributed by atoms with Gasteiger partial charge >= 0.3 is 0 Å². The first-order valence-corrected chi connectivity index (χ1v) is 19.8. The standard InChI is InChI=1S/C56H35N/c1-2-15-43-41(13-1)42-14-3-4-16-44(42)52-35-39(31-34-45(43)52)36-25-27-37(28-26-36)55-48-19-5-7-21-50(48)56(51-22-8-6-20-49(51)55)38-29-32-40(33-30-38)57-53-23-11-9-17-46(53)47-18-10-12-24-54(47)57/h1-35H. The minimum atomic E-state index is 1.16. The minimum Gasteiger partial charge on any atom is -0.309 e. The maximum absolute atomic E-state index is 2.39. The first-order chi connectivity index (χ1) is 28.3. The molecule has 0 saturated carbocycles. The Morgan fingerprint density at radius 1 is 0.211 bits per heavy atom. The van der Waals surface area contributed by atoms with E-state index in [0.29, 0.717) is 0 Å². The fraction of sp³-hybridized carbons (Fsp3) is 0. The molecule has 0 fully saturated rings. The number of hydrogen-bond donors (Lipinski definition) is 0. The SMILES string of the molecule is c1ccc2c(-c3ccc(-n4c5ccccc5c5ccccc54)cc3)c3ccccc3c(-c3ccc(-c4ccc5c6ccccc6c6ccccc6c5c4)cc3)c2c1. The molecule has 0 radical (unpaired) electrons. The van der Waals surface area contributed by atoms with Crippen molar-refractivity contribution in [1.29, 1.82) is 0 Å². The molecule has 12 rings (SSSR count). The van der Waals surface area contributed by atoms with Crippen LogP contribution in [0.5, 0.6) is 0 Å². The van der Waals surface area contributed by atoms with E-state index in [1.165, 1.54) is 109 Å². The van der Waals surface area contributed by atoms with Crippen molar-refractivity contribution in [2.24, 2.45) is 0 Å². The summed E-state index contributed by atoms with van der Waals surface area (Å²) in [5.41, 5.74) is 11.0. The monoisotopic (exact) mass is 721 g/mol. The molecule has 0 saturated heterocycles. The Kier molecular flexibility index (Phi) is 7.00. The van der Waals surface area contributed by atoms with E-state index in [9.17, 15) is 0 Å². The summed E-state index contributed by atoms with van der Waals surface area (Å²) >= 11 is 0.